The molecule has 0 spiro atoms. The van der Waals surface area contributed by atoms with Gasteiger partial charge in [-0.15, -0.1) is 0 Å². The molecule has 1 aromatic rings. The first-order valence-corrected chi connectivity index (χ1v) is 4.01. The summed E-state index contributed by atoms with van der Waals surface area (Å²) in [6, 6.07) is 8.59. The largest absolute Gasteiger partial charge is 0.422 e. The summed E-state index contributed by atoms with van der Waals surface area (Å²) in [6.45, 7) is 5.18. The Morgan fingerprint density at radius 2 is 2.00 bits per heavy atom. The molecule has 70 valence electrons. The summed E-state index contributed by atoms with van der Waals surface area (Å²) in [5.74, 6) is -0.298. The number of hydrogen-bond donors (Lipinski definition) is 0. The van der Waals surface area contributed by atoms with E-state index in [0.29, 0.717) is 5.75 Å². The van der Waals surface area contributed by atoms with Gasteiger partial charge in [0, 0.05) is 0 Å². The Morgan fingerprint density at radius 3 is 2.50 bits per heavy atom. The molecule has 0 saturated heterocycles. The molecule has 0 aromatic heterocycles. The summed E-state index contributed by atoms with van der Waals surface area (Å²) in [6.07, 6.45) is 0. The van der Waals surface area contributed by atoms with Crippen LogP contribution in [0.4, 0.5) is 0 Å². The van der Waals surface area contributed by atoms with Crippen LogP contribution in [0.5, 0.6) is 5.75 Å². The fourth-order valence-corrected chi connectivity index (χ4v) is 0.821. The van der Waals surface area contributed by atoms with Crippen LogP contribution in [0.1, 0.15) is 5.56 Å². The molecule has 0 fully saturated rings. The van der Waals surface area contributed by atoms with E-state index in [2.05, 4.69) is 6.58 Å². The van der Waals surface area contributed by atoms with E-state index in [1.54, 1.807) is 18.2 Å². The third-order valence-electron chi connectivity index (χ3n) is 1.61. The van der Waals surface area contributed by atoms with Crippen LogP contribution in [0.25, 0.3) is 0 Å². The average Bonchev–Trinajstić information content (AvgIpc) is 2.20. The molecule has 0 unspecified atom stereocenters. The van der Waals surface area contributed by atoms with Gasteiger partial charge >= 0.3 is 5.97 Å². The highest BCUT2D eigenvalue weighted by molar-refractivity contribution is 5.93. The predicted molar refractivity (Wildman–Crippen MR) is 51.6 cm³/mol. The van der Waals surface area contributed by atoms with Gasteiger partial charge in [0.05, 0.1) is 0 Å². The Hall–Kier alpha value is -2.08. The summed E-state index contributed by atoms with van der Waals surface area (Å²) in [5, 5.41) is 8.38. The van der Waals surface area contributed by atoms with E-state index < -0.39 is 5.97 Å². The fraction of sp³-hybridized carbons (Fsp3) is 0.0909. The van der Waals surface area contributed by atoms with Crippen LogP contribution in [0.3, 0.4) is 0 Å². The molecule has 0 atom stereocenters. The second kappa shape index (κ2) is 4.24. The molecule has 0 aliphatic carbocycles. The zero-order valence-electron chi connectivity index (χ0n) is 7.78. The van der Waals surface area contributed by atoms with Gasteiger partial charge in [-0.2, -0.15) is 5.26 Å². The third kappa shape index (κ3) is 2.46. The monoisotopic (exact) mass is 187 g/mol. The molecular weight excluding hydrogens is 178 g/mol. The number of hydrogen-bond acceptors (Lipinski definition) is 3. The number of benzene rings is 1. The van der Waals surface area contributed by atoms with Crippen LogP contribution in [0, 0.1) is 18.3 Å². The molecule has 1 aromatic carbocycles. The second-order valence-electron chi connectivity index (χ2n) is 2.79. The topological polar surface area (TPSA) is 50.1 Å². The van der Waals surface area contributed by atoms with Gasteiger partial charge in [-0.25, -0.2) is 4.79 Å². The number of aryl methyl sites for hydroxylation is 1. The molecular formula is C11H9NO2. The zero-order chi connectivity index (χ0) is 10.6. The highest BCUT2D eigenvalue weighted by atomic mass is 16.5. The summed E-state index contributed by atoms with van der Waals surface area (Å²) in [7, 11) is 0. The van der Waals surface area contributed by atoms with Gasteiger partial charge in [-0.05, 0) is 19.1 Å². The van der Waals surface area contributed by atoms with Crippen molar-refractivity contribution in [2.24, 2.45) is 0 Å². The number of rotatable bonds is 2. The Kier molecular flexibility index (Phi) is 3.03. The lowest BCUT2D eigenvalue weighted by molar-refractivity contribution is -0.129. The minimum atomic E-state index is -0.712. The van der Waals surface area contributed by atoms with Crippen molar-refractivity contribution in [1.29, 1.82) is 5.26 Å². The molecule has 0 amide bonds. The first-order chi connectivity index (χ1) is 6.63. The molecule has 0 saturated carbocycles. The average molecular weight is 187 g/mol. The van der Waals surface area contributed by atoms with Gasteiger partial charge in [0.2, 0.25) is 0 Å². The van der Waals surface area contributed by atoms with Crippen molar-refractivity contribution >= 4 is 5.97 Å². The van der Waals surface area contributed by atoms with Gasteiger partial charge in [-0.3, -0.25) is 0 Å². The van der Waals surface area contributed by atoms with Crippen molar-refractivity contribution in [2.75, 3.05) is 0 Å². The van der Waals surface area contributed by atoms with Gasteiger partial charge in [0.25, 0.3) is 0 Å². The van der Waals surface area contributed by atoms with Crippen molar-refractivity contribution in [3.63, 3.8) is 0 Å². The molecule has 0 aliphatic rings. The molecule has 0 radical (unpaired) electrons. The van der Waals surface area contributed by atoms with E-state index in [4.69, 9.17) is 10.00 Å². The first kappa shape index (κ1) is 10.0. The van der Waals surface area contributed by atoms with E-state index in [1.807, 2.05) is 19.1 Å². The molecule has 14 heavy (non-hydrogen) atoms. The number of nitrogens with zero attached hydrogens (tertiary/aromatic N) is 1. The van der Waals surface area contributed by atoms with Crippen molar-refractivity contribution in [2.45, 2.75) is 6.92 Å². The van der Waals surface area contributed by atoms with E-state index in [1.165, 1.54) is 0 Å². The summed E-state index contributed by atoms with van der Waals surface area (Å²) < 4.78 is 4.86. The molecule has 3 nitrogen and oxygen atoms in total. The molecule has 0 bridgehead atoms. The molecule has 3 heteroatoms. The lowest BCUT2D eigenvalue weighted by Crippen LogP contribution is -2.08. The SMILES string of the molecule is C=C(C#N)C(=O)Oc1ccc(C)cc1. The van der Waals surface area contributed by atoms with Gasteiger partial charge in [0.15, 0.2) is 0 Å². The lowest BCUT2D eigenvalue weighted by Gasteiger charge is -2.01. The maximum atomic E-state index is 11.1. The maximum Gasteiger partial charge on any atom is 0.353 e. The van der Waals surface area contributed by atoms with Crippen LogP contribution in [-0.2, 0) is 4.79 Å². The van der Waals surface area contributed by atoms with Crippen molar-refractivity contribution in [3.05, 3.63) is 42.0 Å². The Labute approximate surface area is 82.2 Å². The number of nitriles is 1. The van der Waals surface area contributed by atoms with Crippen LogP contribution in [0.2, 0.25) is 0 Å². The Bertz CT molecular complexity index is 398. The van der Waals surface area contributed by atoms with Gasteiger partial charge in [-0.1, -0.05) is 24.3 Å². The predicted octanol–water partition coefficient (Wildman–Crippen LogP) is 1.98. The van der Waals surface area contributed by atoms with Crippen LogP contribution >= 0.6 is 0 Å². The fourth-order valence-electron chi connectivity index (χ4n) is 0.821. The van der Waals surface area contributed by atoms with Crippen LogP contribution < -0.4 is 4.74 Å². The van der Waals surface area contributed by atoms with E-state index in [0.717, 1.165) is 5.56 Å². The van der Waals surface area contributed by atoms with Crippen LogP contribution in [-0.4, -0.2) is 5.97 Å². The Morgan fingerprint density at radius 1 is 1.43 bits per heavy atom. The number of esters is 1. The minimum absolute atomic E-state index is 0.203. The van der Waals surface area contributed by atoms with Crippen molar-refractivity contribution in [1.82, 2.24) is 0 Å². The minimum Gasteiger partial charge on any atom is -0.422 e. The first-order valence-electron chi connectivity index (χ1n) is 4.01. The summed E-state index contributed by atoms with van der Waals surface area (Å²) in [5.41, 5.74) is 0.870. The highest BCUT2D eigenvalue weighted by Gasteiger charge is 2.08. The van der Waals surface area contributed by atoms with Crippen molar-refractivity contribution in [3.8, 4) is 11.8 Å². The lowest BCUT2D eigenvalue weighted by atomic mass is 10.2. The molecule has 0 aliphatic heterocycles. The standard InChI is InChI=1S/C11H9NO2/c1-8-3-5-10(6-4-8)14-11(13)9(2)7-12/h3-6H,2H2,1H3. The number of carbonyl (C=O) groups excluding carboxylic acids is 1. The summed E-state index contributed by atoms with van der Waals surface area (Å²) in [4.78, 5) is 11.1. The smallest absolute Gasteiger partial charge is 0.353 e. The highest BCUT2D eigenvalue weighted by Crippen LogP contribution is 2.12. The summed E-state index contributed by atoms with van der Waals surface area (Å²) >= 11 is 0. The normalized spacial score (nSPS) is 8.86. The zero-order valence-corrected chi connectivity index (χ0v) is 7.78. The third-order valence-corrected chi connectivity index (χ3v) is 1.61. The molecule has 0 heterocycles. The van der Waals surface area contributed by atoms with Gasteiger partial charge in [0.1, 0.15) is 17.4 Å². The number of ether oxygens (including phenoxy) is 1. The van der Waals surface area contributed by atoms with E-state index in [9.17, 15) is 4.79 Å². The van der Waals surface area contributed by atoms with E-state index in [-0.39, 0.29) is 5.57 Å². The van der Waals surface area contributed by atoms with Crippen LogP contribution in [0.15, 0.2) is 36.4 Å². The second-order valence-corrected chi connectivity index (χ2v) is 2.79. The Balaban J connectivity index is 2.71. The number of carbonyl (C=O) groups is 1. The van der Waals surface area contributed by atoms with Crippen molar-refractivity contribution < 1.29 is 9.53 Å². The quantitative estimate of drug-likeness (QED) is 0.308. The van der Waals surface area contributed by atoms with Gasteiger partial charge < -0.3 is 4.74 Å². The molecule has 1 rings (SSSR count). The maximum absolute atomic E-state index is 11.1. The van der Waals surface area contributed by atoms with E-state index >= 15 is 0 Å². The molecule has 0 N–H and O–H groups in total.